The van der Waals surface area contributed by atoms with Gasteiger partial charge in [0.05, 0.1) is 11.9 Å². The van der Waals surface area contributed by atoms with Crippen LogP contribution in [0.1, 0.15) is 11.1 Å². The lowest BCUT2D eigenvalue weighted by molar-refractivity contribution is 1.49. The van der Waals surface area contributed by atoms with Gasteiger partial charge in [-0.25, -0.2) is 9.98 Å². The number of aliphatic imine (C=N–C) groups is 2. The molecule has 1 heterocycles. The fraction of sp³-hybridized carbons (Fsp3) is 0. The SMILES string of the molecule is C1=NC(c2ccccc2)=NC1=Cc1ccccc1. The van der Waals surface area contributed by atoms with Crippen LogP contribution in [0.15, 0.2) is 76.3 Å². The minimum absolute atomic E-state index is 0.776. The smallest absolute Gasteiger partial charge is 0.159 e. The van der Waals surface area contributed by atoms with Crippen LogP contribution >= 0.6 is 0 Å². The third kappa shape index (κ3) is 2.28. The summed E-state index contributed by atoms with van der Waals surface area (Å²) in [5.41, 5.74) is 3.07. The van der Waals surface area contributed by atoms with Crippen LogP contribution in [0.5, 0.6) is 0 Å². The highest BCUT2D eigenvalue weighted by molar-refractivity contribution is 6.11. The second-order valence-electron chi connectivity index (χ2n) is 4.04. The number of hydrogen-bond donors (Lipinski definition) is 0. The van der Waals surface area contributed by atoms with Crippen molar-refractivity contribution in [2.24, 2.45) is 9.98 Å². The molecule has 0 radical (unpaired) electrons. The number of allylic oxidation sites excluding steroid dienone is 1. The van der Waals surface area contributed by atoms with Crippen molar-refractivity contribution in [2.75, 3.05) is 0 Å². The molecule has 0 saturated carbocycles. The van der Waals surface area contributed by atoms with Crippen molar-refractivity contribution < 1.29 is 0 Å². The molecule has 1 aliphatic heterocycles. The molecule has 0 aromatic heterocycles. The van der Waals surface area contributed by atoms with Crippen molar-refractivity contribution >= 4 is 18.1 Å². The summed E-state index contributed by atoms with van der Waals surface area (Å²) in [6.45, 7) is 0. The van der Waals surface area contributed by atoms with E-state index in [9.17, 15) is 0 Å². The Kier molecular flexibility index (Phi) is 2.84. The van der Waals surface area contributed by atoms with E-state index in [0.717, 1.165) is 22.7 Å². The van der Waals surface area contributed by atoms with Crippen LogP contribution in [0.2, 0.25) is 0 Å². The molecule has 2 aromatic rings. The number of amidine groups is 1. The fourth-order valence-corrected chi connectivity index (χ4v) is 1.82. The van der Waals surface area contributed by atoms with Crippen LogP contribution in [0.3, 0.4) is 0 Å². The zero-order valence-corrected chi connectivity index (χ0v) is 9.82. The second-order valence-corrected chi connectivity index (χ2v) is 4.04. The number of benzene rings is 2. The summed E-state index contributed by atoms with van der Waals surface area (Å²) < 4.78 is 0. The lowest BCUT2D eigenvalue weighted by Gasteiger charge is -1.95. The summed E-state index contributed by atoms with van der Waals surface area (Å²) >= 11 is 0. The monoisotopic (exact) mass is 232 g/mol. The Morgan fingerprint density at radius 1 is 0.778 bits per heavy atom. The molecular formula is C16H12N2. The van der Waals surface area contributed by atoms with Gasteiger partial charge < -0.3 is 0 Å². The van der Waals surface area contributed by atoms with E-state index in [4.69, 9.17) is 0 Å². The van der Waals surface area contributed by atoms with Crippen LogP contribution in [-0.4, -0.2) is 12.1 Å². The fourth-order valence-electron chi connectivity index (χ4n) is 1.82. The van der Waals surface area contributed by atoms with Crippen molar-refractivity contribution in [1.82, 2.24) is 0 Å². The second kappa shape index (κ2) is 4.80. The molecule has 0 amide bonds. The lowest BCUT2D eigenvalue weighted by Crippen LogP contribution is -1.91. The number of rotatable bonds is 2. The largest absolute Gasteiger partial charge is 0.234 e. The van der Waals surface area contributed by atoms with Crippen LogP contribution < -0.4 is 0 Å². The minimum atomic E-state index is 0.776. The van der Waals surface area contributed by atoms with Crippen LogP contribution in [0, 0.1) is 0 Å². The highest BCUT2D eigenvalue weighted by atomic mass is 15.0. The first kappa shape index (κ1) is 10.7. The minimum Gasteiger partial charge on any atom is -0.234 e. The first-order valence-electron chi connectivity index (χ1n) is 5.87. The van der Waals surface area contributed by atoms with Crippen molar-refractivity contribution in [3.8, 4) is 0 Å². The molecule has 0 unspecified atom stereocenters. The predicted molar refractivity (Wildman–Crippen MR) is 75.9 cm³/mol. The standard InChI is InChI=1S/C16H12N2/c1-3-7-13(8-4-1)11-15-12-17-16(18-15)14-9-5-2-6-10-14/h1-12H. The van der Waals surface area contributed by atoms with Gasteiger partial charge in [0, 0.05) is 5.56 Å². The molecular weight excluding hydrogens is 220 g/mol. The van der Waals surface area contributed by atoms with E-state index in [1.807, 2.05) is 54.6 Å². The van der Waals surface area contributed by atoms with E-state index in [2.05, 4.69) is 22.1 Å². The van der Waals surface area contributed by atoms with Crippen molar-refractivity contribution in [2.45, 2.75) is 0 Å². The summed E-state index contributed by atoms with van der Waals surface area (Å²) in [6.07, 6.45) is 3.83. The summed E-state index contributed by atoms with van der Waals surface area (Å²) in [6, 6.07) is 20.1. The molecule has 3 rings (SSSR count). The Bertz CT molecular complexity index is 623. The van der Waals surface area contributed by atoms with Gasteiger partial charge >= 0.3 is 0 Å². The third-order valence-corrected chi connectivity index (χ3v) is 2.70. The van der Waals surface area contributed by atoms with E-state index >= 15 is 0 Å². The molecule has 86 valence electrons. The topological polar surface area (TPSA) is 24.7 Å². The zero-order valence-electron chi connectivity index (χ0n) is 9.82. The van der Waals surface area contributed by atoms with Gasteiger partial charge in [-0.1, -0.05) is 60.7 Å². The van der Waals surface area contributed by atoms with E-state index in [0.29, 0.717) is 0 Å². The van der Waals surface area contributed by atoms with E-state index in [-0.39, 0.29) is 0 Å². The summed E-state index contributed by atoms with van der Waals surface area (Å²) in [5.74, 6) is 0.776. The van der Waals surface area contributed by atoms with Gasteiger partial charge in [0.25, 0.3) is 0 Å². The van der Waals surface area contributed by atoms with Gasteiger partial charge in [0.2, 0.25) is 0 Å². The van der Waals surface area contributed by atoms with Gasteiger partial charge in [-0.3, -0.25) is 0 Å². The van der Waals surface area contributed by atoms with Crippen LogP contribution in [0.4, 0.5) is 0 Å². The number of nitrogens with zero attached hydrogens (tertiary/aromatic N) is 2. The molecule has 0 fully saturated rings. The van der Waals surface area contributed by atoms with Crippen LogP contribution in [-0.2, 0) is 0 Å². The third-order valence-electron chi connectivity index (χ3n) is 2.70. The summed E-state index contributed by atoms with van der Waals surface area (Å²) in [5, 5.41) is 0. The molecule has 1 aliphatic rings. The van der Waals surface area contributed by atoms with Gasteiger partial charge in [-0.2, -0.15) is 0 Å². The Labute approximate surface area is 106 Å². The Balaban J connectivity index is 1.89. The average Bonchev–Trinajstić information content (AvgIpc) is 2.89. The molecule has 2 heteroatoms. The Morgan fingerprint density at radius 2 is 1.44 bits per heavy atom. The number of hydrogen-bond acceptors (Lipinski definition) is 2. The van der Waals surface area contributed by atoms with Crippen molar-refractivity contribution in [1.29, 1.82) is 0 Å². The van der Waals surface area contributed by atoms with E-state index < -0.39 is 0 Å². The molecule has 18 heavy (non-hydrogen) atoms. The lowest BCUT2D eigenvalue weighted by atomic mass is 10.2. The van der Waals surface area contributed by atoms with Crippen molar-refractivity contribution in [3.63, 3.8) is 0 Å². The van der Waals surface area contributed by atoms with E-state index in [1.54, 1.807) is 6.21 Å². The molecule has 0 saturated heterocycles. The van der Waals surface area contributed by atoms with Crippen LogP contribution in [0.25, 0.3) is 6.08 Å². The maximum atomic E-state index is 4.51. The molecule has 0 aliphatic carbocycles. The molecule has 2 nitrogen and oxygen atoms in total. The van der Waals surface area contributed by atoms with E-state index in [1.165, 1.54) is 0 Å². The predicted octanol–water partition coefficient (Wildman–Crippen LogP) is 3.56. The molecule has 2 aromatic carbocycles. The Hall–Kier alpha value is -2.48. The molecule has 0 bridgehead atoms. The van der Waals surface area contributed by atoms with Gasteiger partial charge in [0.15, 0.2) is 5.84 Å². The first-order valence-corrected chi connectivity index (χ1v) is 5.87. The molecule has 0 atom stereocenters. The van der Waals surface area contributed by atoms with Gasteiger partial charge in [0.1, 0.15) is 0 Å². The van der Waals surface area contributed by atoms with Gasteiger partial charge in [-0.05, 0) is 11.6 Å². The maximum absolute atomic E-state index is 4.51. The van der Waals surface area contributed by atoms with Crippen molar-refractivity contribution in [3.05, 3.63) is 77.5 Å². The average molecular weight is 232 g/mol. The Morgan fingerprint density at radius 3 is 2.17 bits per heavy atom. The van der Waals surface area contributed by atoms with Gasteiger partial charge in [-0.15, -0.1) is 0 Å². The first-order chi connectivity index (χ1) is 8.92. The highest BCUT2D eigenvalue weighted by Gasteiger charge is 2.07. The zero-order chi connectivity index (χ0) is 12.2. The highest BCUT2D eigenvalue weighted by Crippen LogP contribution is 2.14. The summed E-state index contributed by atoms with van der Waals surface area (Å²) in [7, 11) is 0. The quantitative estimate of drug-likeness (QED) is 0.756. The normalized spacial score (nSPS) is 16.0. The molecule has 0 N–H and O–H groups in total. The molecule has 0 spiro atoms. The maximum Gasteiger partial charge on any atom is 0.159 e. The summed E-state index contributed by atoms with van der Waals surface area (Å²) in [4.78, 5) is 8.85.